The van der Waals surface area contributed by atoms with Gasteiger partial charge < -0.3 is 4.57 Å². The summed E-state index contributed by atoms with van der Waals surface area (Å²) in [6.07, 6.45) is 1.81. The molecule has 0 saturated heterocycles. The van der Waals surface area contributed by atoms with Crippen LogP contribution in [0.25, 0.3) is 10.9 Å². The van der Waals surface area contributed by atoms with Gasteiger partial charge in [0.1, 0.15) is 5.82 Å². The maximum absolute atomic E-state index is 13.3. The predicted molar refractivity (Wildman–Crippen MR) is 74.1 cm³/mol. The number of fused-ring (bicyclic) bond motifs is 1. The summed E-state index contributed by atoms with van der Waals surface area (Å²) in [5, 5.41) is 11.9. The van der Waals surface area contributed by atoms with Crippen molar-refractivity contribution in [1.29, 1.82) is 0 Å². The Balaban J connectivity index is 2.06. The van der Waals surface area contributed by atoms with E-state index in [1.165, 1.54) is 18.2 Å². The van der Waals surface area contributed by atoms with Crippen LogP contribution in [0.2, 0.25) is 0 Å². The number of hydrogen-bond donors (Lipinski definition) is 0. The summed E-state index contributed by atoms with van der Waals surface area (Å²) in [6.45, 7) is 0.337. The van der Waals surface area contributed by atoms with Gasteiger partial charge in [0, 0.05) is 17.8 Å². The lowest BCUT2D eigenvalue weighted by Gasteiger charge is -2.06. The van der Waals surface area contributed by atoms with Crippen LogP contribution in [0.3, 0.4) is 0 Å². The summed E-state index contributed by atoms with van der Waals surface area (Å²) in [4.78, 5) is 10.6. The first kappa shape index (κ1) is 12.3. The Kier molecular flexibility index (Phi) is 2.95. The highest BCUT2D eigenvalue weighted by Gasteiger charge is 2.13. The standard InChI is InChI=1S/C15H11FN2O2/c16-13-6-5-11-7-8-17(15(11)9-13)10-12-3-1-2-4-14(12)18(19)20/h1-9H,10H2. The highest BCUT2D eigenvalue weighted by atomic mass is 19.1. The first-order chi connectivity index (χ1) is 9.65. The molecule has 0 aliphatic carbocycles. The number of aromatic nitrogens is 1. The molecule has 1 aromatic heterocycles. The average molecular weight is 270 g/mol. The molecule has 0 aliphatic heterocycles. The van der Waals surface area contributed by atoms with Gasteiger partial charge in [0.05, 0.1) is 17.0 Å². The zero-order valence-corrected chi connectivity index (χ0v) is 10.5. The summed E-state index contributed by atoms with van der Waals surface area (Å²) >= 11 is 0. The van der Waals surface area contributed by atoms with Crippen molar-refractivity contribution in [2.24, 2.45) is 0 Å². The van der Waals surface area contributed by atoms with Crippen LogP contribution < -0.4 is 0 Å². The number of halogens is 1. The van der Waals surface area contributed by atoms with Crippen molar-refractivity contribution < 1.29 is 9.31 Å². The molecular weight excluding hydrogens is 259 g/mol. The molecule has 0 radical (unpaired) electrons. The zero-order valence-electron chi connectivity index (χ0n) is 10.5. The molecule has 5 heteroatoms. The average Bonchev–Trinajstić information content (AvgIpc) is 2.82. The van der Waals surface area contributed by atoms with Crippen molar-refractivity contribution >= 4 is 16.6 Å². The van der Waals surface area contributed by atoms with E-state index >= 15 is 0 Å². The maximum Gasteiger partial charge on any atom is 0.274 e. The smallest absolute Gasteiger partial charge is 0.274 e. The molecule has 100 valence electrons. The van der Waals surface area contributed by atoms with E-state index in [1.807, 2.05) is 6.07 Å². The van der Waals surface area contributed by atoms with Gasteiger partial charge >= 0.3 is 0 Å². The molecule has 0 unspecified atom stereocenters. The van der Waals surface area contributed by atoms with Gasteiger partial charge in [-0.3, -0.25) is 10.1 Å². The van der Waals surface area contributed by atoms with E-state index in [9.17, 15) is 14.5 Å². The Morgan fingerprint density at radius 1 is 1.15 bits per heavy atom. The summed E-state index contributed by atoms with van der Waals surface area (Å²) in [5.74, 6) is -0.319. The molecule has 0 aliphatic rings. The minimum Gasteiger partial charge on any atom is -0.343 e. The lowest BCUT2D eigenvalue weighted by Crippen LogP contribution is -2.02. The SMILES string of the molecule is O=[N+]([O-])c1ccccc1Cn1ccc2ccc(F)cc21. The van der Waals surface area contributed by atoms with E-state index in [4.69, 9.17) is 0 Å². The van der Waals surface area contributed by atoms with Crippen LogP contribution in [-0.4, -0.2) is 9.49 Å². The van der Waals surface area contributed by atoms with Crippen LogP contribution in [-0.2, 0) is 6.54 Å². The Labute approximate surface area is 114 Å². The molecule has 4 nitrogen and oxygen atoms in total. The monoisotopic (exact) mass is 270 g/mol. The van der Waals surface area contributed by atoms with Crippen molar-refractivity contribution in [2.45, 2.75) is 6.54 Å². The molecule has 20 heavy (non-hydrogen) atoms. The minimum absolute atomic E-state index is 0.0748. The van der Waals surface area contributed by atoms with Gasteiger partial charge in [0.2, 0.25) is 0 Å². The third-order valence-electron chi connectivity index (χ3n) is 3.26. The highest BCUT2D eigenvalue weighted by molar-refractivity contribution is 5.80. The third kappa shape index (κ3) is 2.14. The molecule has 3 aromatic rings. The van der Waals surface area contributed by atoms with Crippen LogP contribution in [0.5, 0.6) is 0 Å². The number of nitro groups is 1. The van der Waals surface area contributed by atoms with Crippen molar-refractivity contribution in [3.63, 3.8) is 0 Å². The topological polar surface area (TPSA) is 48.1 Å². The fourth-order valence-electron chi connectivity index (χ4n) is 2.30. The Morgan fingerprint density at radius 2 is 1.95 bits per heavy atom. The molecule has 1 heterocycles. The largest absolute Gasteiger partial charge is 0.343 e. The van der Waals surface area contributed by atoms with Crippen LogP contribution in [0.1, 0.15) is 5.56 Å². The number of nitro benzene ring substituents is 1. The molecule has 0 bridgehead atoms. The predicted octanol–water partition coefficient (Wildman–Crippen LogP) is 3.74. The van der Waals surface area contributed by atoms with Crippen LogP contribution in [0.4, 0.5) is 10.1 Å². The highest BCUT2D eigenvalue weighted by Crippen LogP contribution is 2.22. The fraction of sp³-hybridized carbons (Fsp3) is 0.0667. The van der Waals surface area contributed by atoms with Gasteiger partial charge in [-0.1, -0.05) is 18.2 Å². The van der Waals surface area contributed by atoms with E-state index in [1.54, 1.807) is 35.0 Å². The Morgan fingerprint density at radius 3 is 2.75 bits per heavy atom. The second-order valence-corrected chi connectivity index (χ2v) is 4.53. The fourth-order valence-corrected chi connectivity index (χ4v) is 2.30. The molecule has 0 fully saturated rings. The van der Waals surface area contributed by atoms with E-state index < -0.39 is 4.92 Å². The Bertz CT molecular complexity index is 795. The van der Waals surface area contributed by atoms with E-state index in [0.29, 0.717) is 12.1 Å². The van der Waals surface area contributed by atoms with Crippen molar-refractivity contribution in [3.8, 4) is 0 Å². The van der Waals surface area contributed by atoms with Crippen molar-refractivity contribution in [2.75, 3.05) is 0 Å². The minimum atomic E-state index is -0.401. The molecule has 0 spiro atoms. The molecule has 0 N–H and O–H groups in total. The maximum atomic E-state index is 13.3. The number of hydrogen-bond acceptors (Lipinski definition) is 2. The van der Waals surface area contributed by atoms with Crippen LogP contribution >= 0.6 is 0 Å². The first-order valence-electron chi connectivity index (χ1n) is 6.12. The Hall–Kier alpha value is -2.69. The van der Waals surface area contributed by atoms with Gasteiger partial charge in [0.15, 0.2) is 0 Å². The summed E-state index contributed by atoms with van der Waals surface area (Å²) in [7, 11) is 0. The van der Waals surface area contributed by atoms with Gasteiger partial charge in [-0.05, 0) is 29.7 Å². The summed E-state index contributed by atoms with van der Waals surface area (Å²) in [5.41, 5.74) is 1.40. The lowest BCUT2D eigenvalue weighted by molar-refractivity contribution is -0.385. The lowest BCUT2D eigenvalue weighted by atomic mass is 10.2. The van der Waals surface area contributed by atoms with Crippen molar-refractivity contribution in [1.82, 2.24) is 4.57 Å². The molecular formula is C15H11FN2O2. The first-order valence-corrected chi connectivity index (χ1v) is 6.12. The van der Waals surface area contributed by atoms with Gasteiger partial charge in [0.25, 0.3) is 5.69 Å². The second kappa shape index (κ2) is 4.77. The number of benzene rings is 2. The summed E-state index contributed by atoms with van der Waals surface area (Å²) < 4.78 is 15.1. The van der Waals surface area contributed by atoms with E-state index in [2.05, 4.69) is 0 Å². The van der Waals surface area contributed by atoms with E-state index in [0.717, 1.165) is 10.9 Å². The molecule has 0 atom stereocenters. The molecule has 0 amide bonds. The quantitative estimate of drug-likeness (QED) is 0.537. The molecule has 3 rings (SSSR count). The van der Waals surface area contributed by atoms with Gasteiger partial charge in [-0.2, -0.15) is 0 Å². The second-order valence-electron chi connectivity index (χ2n) is 4.53. The zero-order chi connectivity index (χ0) is 14.1. The van der Waals surface area contributed by atoms with Gasteiger partial charge in [-0.25, -0.2) is 4.39 Å². The van der Waals surface area contributed by atoms with Crippen LogP contribution in [0, 0.1) is 15.9 Å². The molecule has 0 saturated carbocycles. The normalized spacial score (nSPS) is 10.8. The number of nitrogens with zero attached hydrogens (tertiary/aromatic N) is 2. The third-order valence-corrected chi connectivity index (χ3v) is 3.26. The van der Waals surface area contributed by atoms with E-state index in [-0.39, 0.29) is 11.5 Å². The van der Waals surface area contributed by atoms with Crippen LogP contribution in [0.15, 0.2) is 54.7 Å². The van der Waals surface area contributed by atoms with Crippen molar-refractivity contribution in [3.05, 3.63) is 76.2 Å². The molecule has 2 aromatic carbocycles. The number of para-hydroxylation sites is 1. The van der Waals surface area contributed by atoms with Gasteiger partial charge in [-0.15, -0.1) is 0 Å². The summed E-state index contributed by atoms with van der Waals surface area (Å²) in [6, 6.07) is 13.0. The number of rotatable bonds is 3.